The Kier molecular flexibility index (Phi) is 5.30. The number of aromatic nitrogens is 2. The number of aryl methyl sites for hydroxylation is 1. The van der Waals surface area contributed by atoms with Gasteiger partial charge in [-0.05, 0) is 36.8 Å². The lowest BCUT2D eigenvalue weighted by molar-refractivity contribution is 0.0721. The van der Waals surface area contributed by atoms with E-state index in [-0.39, 0.29) is 5.91 Å². The Bertz CT molecular complexity index is 1040. The minimum absolute atomic E-state index is 0.0579. The first-order chi connectivity index (χ1) is 13.7. The number of pyridine rings is 1. The Hall–Kier alpha value is -3.25. The number of carbonyl (C=O) groups excluding carboxylic acids is 1. The van der Waals surface area contributed by atoms with E-state index in [9.17, 15) is 4.79 Å². The molecule has 0 aliphatic heterocycles. The van der Waals surface area contributed by atoms with Gasteiger partial charge < -0.3 is 9.32 Å². The molecule has 4 aromatic rings. The molecule has 1 aromatic carbocycles. The SMILES string of the molecule is Cc1nc(-c2ccccn2)sc1C(=O)N(Cc1ccccc1)Cc1ccco1. The van der Waals surface area contributed by atoms with Crippen molar-refractivity contribution in [3.63, 3.8) is 0 Å². The summed E-state index contributed by atoms with van der Waals surface area (Å²) in [6.07, 6.45) is 3.35. The fourth-order valence-corrected chi connectivity index (χ4v) is 3.94. The second kappa shape index (κ2) is 8.19. The van der Waals surface area contributed by atoms with Crippen LogP contribution in [-0.2, 0) is 13.1 Å². The Morgan fingerprint density at radius 1 is 1.04 bits per heavy atom. The summed E-state index contributed by atoms with van der Waals surface area (Å²) in [7, 11) is 0. The maximum absolute atomic E-state index is 13.4. The smallest absolute Gasteiger partial charge is 0.266 e. The lowest BCUT2D eigenvalue weighted by Gasteiger charge is -2.21. The van der Waals surface area contributed by atoms with Crippen LogP contribution in [0.2, 0.25) is 0 Å². The van der Waals surface area contributed by atoms with Gasteiger partial charge in [0.1, 0.15) is 15.6 Å². The molecule has 4 rings (SSSR count). The Morgan fingerprint density at radius 2 is 1.86 bits per heavy atom. The normalized spacial score (nSPS) is 10.8. The summed E-state index contributed by atoms with van der Waals surface area (Å²) in [6.45, 7) is 2.76. The van der Waals surface area contributed by atoms with Gasteiger partial charge in [0.15, 0.2) is 0 Å². The van der Waals surface area contributed by atoms with Crippen molar-refractivity contribution in [2.75, 3.05) is 0 Å². The van der Waals surface area contributed by atoms with Gasteiger partial charge in [-0.2, -0.15) is 0 Å². The van der Waals surface area contributed by atoms with Crippen LogP contribution in [0.5, 0.6) is 0 Å². The van der Waals surface area contributed by atoms with Crippen LogP contribution < -0.4 is 0 Å². The van der Waals surface area contributed by atoms with Gasteiger partial charge in [0, 0.05) is 12.7 Å². The second-order valence-electron chi connectivity index (χ2n) is 6.37. The fraction of sp³-hybridized carbons (Fsp3) is 0.136. The standard InChI is InChI=1S/C22H19N3O2S/c1-16-20(28-21(24-16)19-11-5-6-12-23-19)22(26)25(15-18-10-7-13-27-18)14-17-8-3-2-4-9-17/h2-13H,14-15H2,1H3. The van der Waals surface area contributed by atoms with Crippen LogP contribution in [0.3, 0.4) is 0 Å². The average molecular weight is 389 g/mol. The molecule has 0 radical (unpaired) electrons. The molecule has 0 saturated carbocycles. The Morgan fingerprint density at radius 3 is 2.57 bits per heavy atom. The number of hydrogen-bond acceptors (Lipinski definition) is 5. The molecule has 0 bridgehead atoms. The van der Waals surface area contributed by atoms with E-state index < -0.39 is 0 Å². The van der Waals surface area contributed by atoms with E-state index in [1.807, 2.05) is 67.6 Å². The highest BCUT2D eigenvalue weighted by Crippen LogP contribution is 2.28. The third-order valence-corrected chi connectivity index (χ3v) is 5.47. The Labute approximate surface area is 167 Å². The molecule has 0 N–H and O–H groups in total. The van der Waals surface area contributed by atoms with Gasteiger partial charge in [-0.1, -0.05) is 36.4 Å². The molecule has 0 fully saturated rings. The molecule has 28 heavy (non-hydrogen) atoms. The first-order valence-electron chi connectivity index (χ1n) is 8.95. The number of amides is 1. The number of carbonyl (C=O) groups is 1. The molecule has 0 saturated heterocycles. The van der Waals surface area contributed by atoms with Crippen LogP contribution in [0.1, 0.15) is 26.7 Å². The first-order valence-corrected chi connectivity index (χ1v) is 9.77. The maximum Gasteiger partial charge on any atom is 0.266 e. The van der Waals surface area contributed by atoms with Crippen molar-refractivity contribution >= 4 is 17.2 Å². The van der Waals surface area contributed by atoms with Crippen LogP contribution in [0.4, 0.5) is 0 Å². The zero-order chi connectivity index (χ0) is 19.3. The lowest BCUT2D eigenvalue weighted by Crippen LogP contribution is -2.29. The molecule has 0 spiro atoms. The van der Waals surface area contributed by atoms with Crippen LogP contribution in [0.15, 0.2) is 77.5 Å². The number of thiazole rings is 1. The van der Waals surface area contributed by atoms with Crippen molar-refractivity contribution in [1.82, 2.24) is 14.9 Å². The van der Waals surface area contributed by atoms with E-state index in [0.717, 1.165) is 22.0 Å². The molecule has 0 atom stereocenters. The van der Waals surface area contributed by atoms with Crippen molar-refractivity contribution in [3.8, 4) is 10.7 Å². The summed E-state index contributed by atoms with van der Waals surface area (Å²) >= 11 is 1.38. The summed E-state index contributed by atoms with van der Waals surface area (Å²) in [5, 5.41) is 0.749. The monoisotopic (exact) mass is 389 g/mol. The molecule has 0 aliphatic carbocycles. The summed E-state index contributed by atoms with van der Waals surface area (Å²) in [4.78, 5) is 24.7. The number of rotatable bonds is 6. The molecule has 3 heterocycles. The van der Waals surface area contributed by atoms with E-state index in [2.05, 4.69) is 9.97 Å². The minimum atomic E-state index is -0.0579. The molecular weight excluding hydrogens is 370 g/mol. The fourth-order valence-electron chi connectivity index (χ4n) is 2.93. The predicted molar refractivity (Wildman–Crippen MR) is 109 cm³/mol. The van der Waals surface area contributed by atoms with Crippen LogP contribution >= 0.6 is 11.3 Å². The van der Waals surface area contributed by atoms with Gasteiger partial charge in [-0.25, -0.2) is 4.98 Å². The van der Waals surface area contributed by atoms with E-state index >= 15 is 0 Å². The van der Waals surface area contributed by atoms with Gasteiger partial charge in [0.25, 0.3) is 5.91 Å². The third-order valence-electron chi connectivity index (χ3n) is 4.31. The van der Waals surface area contributed by atoms with Gasteiger partial charge in [-0.3, -0.25) is 9.78 Å². The first kappa shape index (κ1) is 18.1. The van der Waals surface area contributed by atoms with Crippen LogP contribution in [0.25, 0.3) is 10.7 Å². The largest absolute Gasteiger partial charge is 0.467 e. The van der Waals surface area contributed by atoms with Crippen molar-refractivity contribution in [3.05, 3.63) is 95.0 Å². The van der Waals surface area contributed by atoms with Crippen molar-refractivity contribution in [1.29, 1.82) is 0 Å². The molecule has 0 unspecified atom stereocenters. The van der Waals surface area contributed by atoms with Crippen molar-refractivity contribution < 1.29 is 9.21 Å². The number of nitrogens with zero attached hydrogens (tertiary/aromatic N) is 3. The maximum atomic E-state index is 13.4. The van der Waals surface area contributed by atoms with Crippen LogP contribution in [0, 0.1) is 6.92 Å². The number of hydrogen-bond donors (Lipinski definition) is 0. The molecular formula is C22H19N3O2S. The molecule has 1 amide bonds. The lowest BCUT2D eigenvalue weighted by atomic mass is 10.2. The van der Waals surface area contributed by atoms with Crippen LogP contribution in [-0.4, -0.2) is 20.8 Å². The van der Waals surface area contributed by atoms with Gasteiger partial charge >= 0.3 is 0 Å². The van der Waals surface area contributed by atoms with E-state index in [0.29, 0.717) is 23.7 Å². The van der Waals surface area contributed by atoms with E-state index in [1.54, 1.807) is 17.4 Å². The van der Waals surface area contributed by atoms with Crippen molar-refractivity contribution in [2.45, 2.75) is 20.0 Å². The molecule has 0 aliphatic rings. The highest BCUT2D eigenvalue weighted by molar-refractivity contribution is 7.17. The highest BCUT2D eigenvalue weighted by Gasteiger charge is 2.23. The summed E-state index contributed by atoms with van der Waals surface area (Å²) in [5.41, 5.74) is 2.55. The van der Waals surface area contributed by atoms with Gasteiger partial charge in [0.2, 0.25) is 0 Å². The number of furan rings is 1. The molecule has 140 valence electrons. The predicted octanol–water partition coefficient (Wildman–Crippen LogP) is 4.95. The van der Waals surface area contributed by atoms with E-state index in [1.165, 1.54) is 11.3 Å². The summed E-state index contributed by atoms with van der Waals surface area (Å²) < 4.78 is 5.48. The highest BCUT2D eigenvalue weighted by atomic mass is 32.1. The Balaban J connectivity index is 1.64. The van der Waals surface area contributed by atoms with Gasteiger partial charge in [-0.15, -0.1) is 11.3 Å². The zero-order valence-electron chi connectivity index (χ0n) is 15.4. The van der Waals surface area contributed by atoms with Gasteiger partial charge in [0.05, 0.1) is 24.2 Å². The quantitative estimate of drug-likeness (QED) is 0.468. The van der Waals surface area contributed by atoms with E-state index in [4.69, 9.17) is 4.42 Å². The number of benzene rings is 1. The second-order valence-corrected chi connectivity index (χ2v) is 7.37. The zero-order valence-corrected chi connectivity index (χ0v) is 16.2. The molecule has 6 heteroatoms. The average Bonchev–Trinajstić information content (AvgIpc) is 3.38. The summed E-state index contributed by atoms with van der Waals surface area (Å²) in [5.74, 6) is 0.689. The topological polar surface area (TPSA) is 59.2 Å². The minimum Gasteiger partial charge on any atom is -0.467 e. The molecule has 3 aromatic heterocycles. The third kappa shape index (κ3) is 4.02. The molecule has 5 nitrogen and oxygen atoms in total. The summed E-state index contributed by atoms with van der Waals surface area (Å²) in [6, 6.07) is 19.3. The van der Waals surface area contributed by atoms with Crippen molar-refractivity contribution in [2.24, 2.45) is 0 Å².